The summed E-state index contributed by atoms with van der Waals surface area (Å²) < 4.78 is 7.69. The van der Waals surface area contributed by atoms with Crippen molar-refractivity contribution in [2.75, 3.05) is 27.2 Å². The lowest BCUT2D eigenvalue weighted by atomic mass is 10.0. The number of aromatic nitrogens is 2. The van der Waals surface area contributed by atoms with Crippen molar-refractivity contribution in [3.63, 3.8) is 0 Å². The predicted octanol–water partition coefficient (Wildman–Crippen LogP) is 3.99. The maximum atomic E-state index is 13.2. The second kappa shape index (κ2) is 13.1. The molecule has 0 radical (unpaired) electrons. The topological polar surface area (TPSA) is 112 Å². The van der Waals surface area contributed by atoms with Crippen LogP contribution in [0.25, 0.3) is 16.9 Å². The van der Waals surface area contributed by atoms with Gasteiger partial charge in [0.2, 0.25) is 5.91 Å². The minimum atomic E-state index is -0.380. The van der Waals surface area contributed by atoms with Crippen molar-refractivity contribution in [2.45, 2.75) is 39.3 Å². The van der Waals surface area contributed by atoms with E-state index in [1.807, 2.05) is 88.1 Å². The lowest BCUT2D eigenvalue weighted by Gasteiger charge is -2.21. The van der Waals surface area contributed by atoms with E-state index in [0.29, 0.717) is 23.3 Å². The maximum Gasteiger partial charge on any atom is 0.251 e. The number of imidazole rings is 1. The Morgan fingerprint density at radius 3 is 2.54 bits per heavy atom. The Bertz CT molecular complexity index is 1570. The summed E-state index contributed by atoms with van der Waals surface area (Å²) >= 11 is 0. The fourth-order valence-corrected chi connectivity index (χ4v) is 4.53. The number of carbonyl (C=O) groups is 2. The summed E-state index contributed by atoms with van der Waals surface area (Å²) in [7, 11) is 3.65. The molecule has 4 aromatic rings. The summed E-state index contributed by atoms with van der Waals surface area (Å²) in [6.07, 6.45) is 4.39. The first-order valence-electron chi connectivity index (χ1n) is 13.6. The van der Waals surface area contributed by atoms with Gasteiger partial charge in [0, 0.05) is 30.1 Å². The number of pyridine rings is 1. The monoisotopic (exact) mass is 552 g/mol. The van der Waals surface area contributed by atoms with E-state index in [2.05, 4.69) is 16.7 Å². The number of ether oxygens (including phenoxy) is 1. The Balaban J connectivity index is 1.51. The van der Waals surface area contributed by atoms with Crippen LogP contribution in [0, 0.1) is 18.3 Å². The number of nitrogens with zero attached hydrogens (tertiary/aromatic N) is 4. The minimum Gasteiger partial charge on any atom is -0.490 e. The molecule has 2 aromatic heterocycles. The van der Waals surface area contributed by atoms with Crippen LogP contribution in [0.5, 0.6) is 5.75 Å². The van der Waals surface area contributed by atoms with Gasteiger partial charge >= 0.3 is 0 Å². The van der Waals surface area contributed by atoms with Crippen LogP contribution in [0.3, 0.4) is 0 Å². The molecule has 212 valence electrons. The molecule has 2 heterocycles. The highest BCUT2D eigenvalue weighted by Crippen LogP contribution is 2.23. The van der Waals surface area contributed by atoms with Crippen molar-refractivity contribution in [3.05, 3.63) is 89.2 Å². The van der Waals surface area contributed by atoms with E-state index >= 15 is 0 Å². The van der Waals surface area contributed by atoms with E-state index in [0.717, 1.165) is 28.0 Å². The number of rotatable bonds is 11. The summed E-state index contributed by atoms with van der Waals surface area (Å²) in [6, 6.07) is 18.6. The van der Waals surface area contributed by atoms with Gasteiger partial charge in [0.15, 0.2) is 0 Å². The van der Waals surface area contributed by atoms with Gasteiger partial charge in [-0.3, -0.25) is 9.59 Å². The predicted molar refractivity (Wildman–Crippen MR) is 159 cm³/mol. The Kier molecular flexibility index (Phi) is 9.37. The van der Waals surface area contributed by atoms with Crippen LogP contribution in [0.2, 0.25) is 0 Å². The summed E-state index contributed by atoms with van der Waals surface area (Å²) in [5.41, 5.74) is 5.54. The van der Waals surface area contributed by atoms with Crippen LogP contribution < -0.4 is 15.4 Å². The molecule has 0 fully saturated rings. The Labute approximate surface area is 240 Å². The number of benzene rings is 2. The summed E-state index contributed by atoms with van der Waals surface area (Å²) in [4.78, 5) is 32.1. The fourth-order valence-electron chi connectivity index (χ4n) is 4.53. The van der Waals surface area contributed by atoms with E-state index in [9.17, 15) is 14.9 Å². The number of amides is 2. The molecular weight excluding hydrogens is 516 g/mol. The lowest BCUT2D eigenvalue weighted by molar-refractivity contribution is -0.121. The average Bonchev–Trinajstić information content (AvgIpc) is 3.37. The Hall–Kier alpha value is -4.68. The third-order valence-corrected chi connectivity index (χ3v) is 6.48. The third kappa shape index (κ3) is 7.71. The number of hydrogen-bond donors (Lipinski definition) is 2. The van der Waals surface area contributed by atoms with Gasteiger partial charge in [0.05, 0.1) is 29.9 Å². The van der Waals surface area contributed by atoms with Gasteiger partial charge < -0.3 is 24.7 Å². The van der Waals surface area contributed by atoms with Crippen molar-refractivity contribution in [2.24, 2.45) is 0 Å². The van der Waals surface area contributed by atoms with Gasteiger partial charge in [-0.25, -0.2) is 4.98 Å². The Morgan fingerprint density at radius 1 is 1.12 bits per heavy atom. The zero-order valence-electron chi connectivity index (χ0n) is 24.1. The molecule has 0 saturated heterocycles. The van der Waals surface area contributed by atoms with Crippen LogP contribution in [-0.4, -0.2) is 65.4 Å². The standard InChI is InChI=1S/C32H36N6O3/c1-21(2)41-29-13-12-25(16-26(29)17-33)32(40)35-27(18-34-30(39)20-37(4)5)15-23-8-10-24(11-9-23)28-19-38-14-6-7-22(3)31(38)36-28/h6-14,16,19,21,27H,15,18,20H2,1-5H3,(H,34,39)(H,35,40)/t27-/m0/s1. The number of hydrogen-bond acceptors (Lipinski definition) is 6. The zero-order chi connectivity index (χ0) is 29.5. The van der Waals surface area contributed by atoms with Crippen LogP contribution in [0.15, 0.2) is 67.0 Å². The van der Waals surface area contributed by atoms with E-state index in [1.54, 1.807) is 17.0 Å². The maximum absolute atomic E-state index is 13.2. The molecule has 9 heteroatoms. The second-order valence-corrected chi connectivity index (χ2v) is 10.7. The van der Waals surface area contributed by atoms with Crippen LogP contribution in [-0.2, 0) is 11.2 Å². The van der Waals surface area contributed by atoms with Gasteiger partial charge in [0.25, 0.3) is 5.91 Å². The molecule has 2 N–H and O–H groups in total. The molecule has 0 unspecified atom stereocenters. The highest BCUT2D eigenvalue weighted by molar-refractivity contribution is 5.95. The molecule has 41 heavy (non-hydrogen) atoms. The van der Waals surface area contributed by atoms with E-state index in [1.165, 1.54) is 6.07 Å². The van der Waals surface area contributed by atoms with Crippen LogP contribution in [0.1, 0.15) is 40.9 Å². The molecule has 0 spiro atoms. The van der Waals surface area contributed by atoms with E-state index < -0.39 is 0 Å². The molecule has 2 aromatic carbocycles. The summed E-state index contributed by atoms with van der Waals surface area (Å²) in [6.45, 7) is 6.29. The van der Waals surface area contributed by atoms with E-state index in [-0.39, 0.29) is 37.0 Å². The first-order valence-corrected chi connectivity index (χ1v) is 13.6. The highest BCUT2D eigenvalue weighted by atomic mass is 16.5. The molecule has 0 aliphatic rings. The van der Waals surface area contributed by atoms with Crippen molar-refractivity contribution in [3.8, 4) is 23.1 Å². The first-order chi connectivity index (χ1) is 19.6. The first kappa shape index (κ1) is 29.3. The van der Waals surface area contributed by atoms with Gasteiger partial charge in [-0.15, -0.1) is 0 Å². The van der Waals surface area contributed by atoms with Gasteiger partial charge in [-0.05, 0) is 76.7 Å². The number of likely N-dealkylation sites (N-methyl/N-ethyl adjacent to an activating group) is 1. The fraction of sp³-hybridized carbons (Fsp3) is 0.312. The van der Waals surface area contributed by atoms with Crippen LogP contribution in [0.4, 0.5) is 0 Å². The van der Waals surface area contributed by atoms with Crippen LogP contribution >= 0.6 is 0 Å². The number of nitriles is 1. The number of fused-ring (bicyclic) bond motifs is 1. The number of nitrogens with one attached hydrogen (secondary N) is 2. The largest absolute Gasteiger partial charge is 0.490 e. The summed E-state index contributed by atoms with van der Waals surface area (Å²) in [5, 5.41) is 15.5. The molecule has 0 aliphatic heterocycles. The normalized spacial score (nSPS) is 11.9. The van der Waals surface area contributed by atoms with Gasteiger partial charge in [0.1, 0.15) is 17.5 Å². The Morgan fingerprint density at radius 2 is 1.88 bits per heavy atom. The molecule has 1 atom stereocenters. The van der Waals surface area contributed by atoms with Gasteiger partial charge in [-0.1, -0.05) is 30.3 Å². The molecule has 2 amide bonds. The average molecular weight is 553 g/mol. The molecule has 0 saturated carbocycles. The molecule has 0 bridgehead atoms. The van der Waals surface area contributed by atoms with Crippen molar-refractivity contribution in [1.82, 2.24) is 24.9 Å². The zero-order valence-corrected chi connectivity index (χ0v) is 24.1. The van der Waals surface area contributed by atoms with Crippen molar-refractivity contribution >= 4 is 17.5 Å². The lowest BCUT2D eigenvalue weighted by Crippen LogP contribution is -2.46. The van der Waals surface area contributed by atoms with Crippen molar-refractivity contribution < 1.29 is 14.3 Å². The smallest absolute Gasteiger partial charge is 0.251 e. The third-order valence-electron chi connectivity index (χ3n) is 6.48. The number of carbonyl (C=O) groups excluding carboxylic acids is 2. The number of aryl methyl sites for hydroxylation is 1. The summed E-state index contributed by atoms with van der Waals surface area (Å²) in [5.74, 6) is -0.0257. The van der Waals surface area contributed by atoms with Crippen molar-refractivity contribution in [1.29, 1.82) is 5.26 Å². The molecule has 4 rings (SSSR count). The van der Waals surface area contributed by atoms with Gasteiger partial charge in [-0.2, -0.15) is 5.26 Å². The quantitative estimate of drug-likeness (QED) is 0.291. The second-order valence-electron chi connectivity index (χ2n) is 10.7. The molecular formula is C32H36N6O3. The molecule has 0 aliphatic carbocycles. The SMILES string of the molecule is Cc1cccn2cc(-c3ccc(C[C@@H](CNC(=O)CN(C)C)NC(=O)c4ccc(OC(C)C)c(C#N)c4)cc3)nc12. The highest BCUT2D eigenvalue weighted by Gasteiger charge is 2.18. The molecule has 9 nitrogen and oxygen atoms in total. The van der Waals surface area contributed by atoms with E-state index in [4.69, 9.17) is 9.72 Å². The minimum absolute atomic E-state index is 0.0971.